The fraction of sp³-hybridized carbons (Fsp3) is 0.300. The molecule has 0 saturated heterocycles. The highest BCUT2D eigenvalue weighted by atomic mass is 35.5. The first-order valence-corrected chi connectivity index (χ1v) is 4.14. The molecule has 0 radical (unpaired) electrons. The lowest BCUT2D eigenvalue weighted by Gasteiger charge is -1.92. The summed E-state index contributed by atoms with van der Waals surface area (Å²) in [6.45, 7) is 1.02. The van der Waals surface area contributed by atoms with Gasteiger partial charge in [0, 0.05) is 12.4 Å². The van der Waals surface area contributed by atoms with Gasteiger partial charge in [-0.1, -0.05) is 18.2 Å². The van der Waals surface area contributed by atoms with E-state index < -0.39 is 0 Å². The molecule has 0 saturated carbocycles. The highest BCUT2D eigenvalue weighted by Gasteiger charge is 1.82. The number of pyridine rings is 1. The van der Waals surface area contributed by atoms with E-state index in [1.54, 1.807) is 6.20 Å². The predicted molar refractivity (Wildman–Crippen MR) is 59.1 cm³/mol. The van der Waals surface area contributed by atoms with Crippen molar-refractivity contribution in [3.05, 3.63) is 36.2 Å². The Morgan fingerprint density at radius 3 is 3.00 bits per heavy atom. The van der Waals surface area contributed by atoms with E-state index in [4.69, 9.17) is 0 Å². The fourth-order valence-electron chi connectivity index (χ4n) is 0.922. The van der Waals surface area contributed by atoms with Crippen molar-refractivity contribution in [3.8, 4) is 0 Å². The Morgan fingerprint density at radius 1 is 1.54 bits per heavy atom. The van der Waals surface area contributed by atoms with Crippen molar-refractivity contribution in [1.82, 2.24) is 10.3 Å². The molecule has 1 N–H and O–H groups in total. The first kappa shape index (κ1) is 12.1. The molecule has 0 spiro atoms. The third kappa shape index (κ3) is 5.39. The minimum absolute atomic E-state index is 0. The van der Waals surface area contributed by atoms with Crippen molar-refractivity contribution in [2.45, 2.75) is 6.42 Å². The normalized spacial score (nSPS) is 9.92. The van der Waals surface area contributed by atoms with Crippen molar-refractivity contribution in [2.75, 3.05) is 13.6 Å². The topological polar surface area (TPSA) is 24.9 Å². The van der Waals surface area contributed by atoms with E-state index in [0.717, 1.165) is 18.5 Å². The number of rotatable bonds is 4. The Kier molecular flexibility index (Phi) is 7.26. The highest BCUT2D eigenvalue weighted by molar-refractivity contribution is 5.85. The molecule has 13 heavy (non-hydrogen) atoms. The Morgan fingerprint density at radius 2 is 2.38 bits per heavy atom. The molecule has 3 heteroatoms. The van der Waals surface area contributed by atoms with Crippen LogP contribution < -0.4 is 5.32 Å². The molecule has 1 aromatic heterocycles. The summed E-state index contributed by atoms with van der Waals surface area (Å²) < 4.78 is 0. The molecular weight excluding hydrogens is 184 g/mol. The Balaban J connectivity index is 0.00000144. The van der Waals surface area contributed by atoms with Crippen LogP contribution in [0.15, 0.2) is 30.6 Å². The molecule has 0 aliphatic carbocycles. The van der Waals surface area contributed by atoms with Gasteiger partial charge in [0.2, 0.25) is 0 Å². The Labute approximate surface area is 85.5 Å². The van der Waals surface area contributed by atoms with Gasteiger partial charge in [-0.2, -0.15) is 0 Å². The summed E-state index contributed by atoms with van der Waals surface area (Å²) in [7, 11) is 1.96. The summed E-state index contributed by atoms with van der Waals surface area (Å²) in [6.07, 6.45) is 8.93. The van der Waals surface area contributed by atoms with E-state index in [0.29, 0.717) is 0 Å². The Hall–Kier alpha value is -0.860. The van der Waals surface area contributed by atoms with E-state index in [-0.39, 0.29) is 12.4 Å². The van der Waals surface area contributed by atoms with Gasteiger partial charge in [0.1, 0.15) is 0 Å². The molecule has 0 aliphatic heterocycles. The smallest absolute Gasteiger partial charge is 0.0340 e. The van der Waals surface area contributed by atoms with Crippen LogP contribution in [0.2, 0.25) is 0 Å². The summed E-state index contributed by atoms with van der Waals surface area (Å²) in [5.41, 5.74) is 1.16. The maximum Gasteiger partial charge on any atom is 0.0340 e. The lowest BCUT2D eigenvalue weighted by molar-refractivity contribution is 0.809. The largest absolute Gasteiger partial charge is 0.319 e. The first-order chi connectivity index (χ1) is 5.93. The zero-order valence-electron chi connectivity index (χ0n) is 7.73. The van der Waals surface area contributed by atoms with E-state index in [2.05, 4.69) is 22.5 Å². The highest BCUT2D eigenvalue weighted by Crippen LogP contribution is 1.98. The molecule has 0 aliphatic rings. The van der Waals surface area contributed by atoms with Crippen LogP contribution in [0.1, 0.15) is 12.0 Å². The molecular formula is C10H15ClN2. The van der Waals surface area contributed by atoms with E-state index in [9.17, 15) is 0 Å². The van der Waals surface area contributed by atoms with Crippen LogP contribution in [0.4, 0.5) is 0 Å². The molecule has 1 heterocycles. The van der Waals surface area contributed by atoms with Gasteiger partial charge in [-0.3, -0.25) is 4.98 Å². The van der Waals surface area contributed by atoms with Gasteiger partial charge in [-0.05, 0) is 31.6 Å². The molecule has 1 rings (SSSR count). The van der Waals surface area contributed by atoms with Gasteiger partial charge in [0.05, 0.1) is 0 Å². The van der Waals surface area contributed by atoms with Crippen molar-refractivity contribution in [1.29, 1.82) is 0 Å². The molecule has 0 unspecified atom stereocenters. The zero-order valence-corrected chi connectivity index (χ0v) is 8.55. The summed E-state index contributed by atoms with van der Waals surface area (Å²) in [4.78, 5) is 4.02. The second kappa shape index (κ2) is 7.77. The molecule has 2 nitrogen and oxygen atoms in total. The lowest BCUT2D eigenvalue weighted by Crippen LogP contribution is -2.05. The molecule has 1 aromatic rings. The van der Waals surface area contributed by atoms with Crippen molar-refractivity contribution >= 4 is 18.5 Å². The van der Waals surface area contributed by atoms with Crippen molar-refractivity contribution < 1.29 is 0 Å². The summed E-state index contributed by atoms with van der Waals surface area (Å²) in [5.74, 6) is 0. The van der Waals surface area contributed by atoms with E-state index >= 15 is 0 Å². The van der Waals surface area contributed by atoms with Gasteiger partial charge in [-0.25, -0.2) is 0 Å². The van der Waals surface area contributed by atoms with Gasteiger partial charge in [-0.15, -0.1) is 12.4 Å². The molecule has 0 fully saturated rings. The van der Waals surface area contributed by atoms with Crippen molar-refractivity contribution in [2.24, 2.45) is 0 Å². The van der Waals surface area contributed by atoms with Gasteiger partial charge in [0.25, 0.3) is 0 Å². The average molecular weight is 199 g/mol. The summed E-state index contributed by atoms with van der Waals surface area (Å²) in [6, 6.07) is 3.99. The van der Waals surface area contributed by atoms with Crippen LogP contribution in [0.5, 0.6) is 0 Å². The van der Waals surface area contributed by atoms with Crippen molar-refractivity contribution in [3.63, 3.8) is 0 Å². The maximum absolute atomic E-state index is 4.02. The van der Waals surface area contributed by atoms with Crippen LogP contribution >= 0.6 is 12.4 Å². The maximum atomic E-state index is 4.02. The SMILES string of the molecule is CNCC/C=C/c1cccnc1.Cl. The van der Waals surface area contributed by atoms with Crippen LogP contribution in [-0.4, -0.2) is 18.6 Å². The first-order valence-electron chi connectivity index (χ1n) is 4.14. The monoisotopic (exact) mass is 198 g/mol. The van der Waals surface area contributed by atoms with Crippen LogP contribution in [-0.2, 0) is 0 Å². The number of halogens is 1. The minimum Gasteiger partial charge on any atom is -0.319 e. The predicted octanol–water partition coefficient (Wildman–Crippen LogP) is 2.13. The number of nitrogens with zero attached hydrogens (tertiary/aromatic N) is 1. The van der Waals surface area contributed by atoms with Gasteiger partial charge in [0.15, 0.2) is 0 Å². The second-order valence-electron chi connectivity index (χ2n) is 2.58. The fourth-order valence-corrected chi connectivity index (χ4v) is 0.922. The molecule has 0 bridgehead atoms. The lowest BCUT2D eigenvalue weighted by atomic mass is 10.2. The van der Waals surface area contributed by atoms with E-state index in [1.165, 1.54) is 0 Å². The Bertz CT molecular complexity index is 234. The van der Waals surface area contributed by atoms with Gasteiger partial charge < -0.3 is 5.32 Å². The third-order valence-electron chi connectivity index (χ3n) is 1.56. The number of aromatic nitrogens is 1. The van der Waals surface area contributed by atoms with Crippen LogP contribution in [0, 0.1) is 0 Å². The minimum atomic E-state index is 0. The van der Waals surface area contributed by atoms with Crippen LogP contribution in [0.3, 0.4) is 0 Å². The van der Waals surface area contributed by atoms with Gasteiger partial charge >= 0.3 is 0 Å². The molecule has 0 atom stereocenters. The number of hydrogen-bond donors (Lipinski definition) is 1. The van der Waals surface area contributed by atoms with Crippen LogP contribution in [0.25, 0.3) is 6.08 Å². The summed E-state index contributed by atoms with van der Waals surface area (Å²) >= 11 is 0. The summed E-state index contributed by atoms with van der Waals surface area (Å²) in [5, 5.41) is 3.09. The average Bonchev–Trinajstić information content (AvgIpc) is 2.14. The zero-order chi connectivity index (χ0) is 8.65. The standard InChI is InChI=1S/C10H14N2.ClH/c1-11-7-3-2-5-10-6-4-8-12-9-10;/h2,4-6,8-9,11H,3,7H2,1H3;1H/b5-2+;. The third-order valence-corrected chi connectivity index (χ3v) is 1.56. The number of nitrogens with one attached hydrogen (secondary N) is 1. The second-order valence-corrected chi connectivity index (χ2v) is 2.58. The molecule has 0 amide bonds. The number of hydrogen-bond acceptors (Lipinski definition) is 2. The van der Waals surface area contributed by atoms with E-state index in [1.807, 2.05) is 25.4 Å². The molecule has 0 aromatic carbocycles. The molecule has 72 valence electrons. The quantitative estimate of drug-likeness (QED) is 0.750.